The number of nitrogens with two attached hydrogens (primary N) is 2. The van der Waals surface area contributed by atoms with Gasteiger partial charge in [0, 0.05) is 0 Å². The molecule has 70 valence electrons. The van der Waals surface area contributed by atoms with Crippen LogP contribution in [0.4, 0.5) is 0 Å². The van der Waals surface area contributed by atoms with Gasteiger partial charge in [-0.2, -0.15) is 0 Å². The van der Waals surface area contributed by atoms with E-state index in [9.17, 15) is 8.42 Å². The summed E-state index contributed by atoms with van der Waals surface area (Å²) < 4.78 is 22.8. The smallest absolute Gasteiger partial charge is 0.177 e. The third kappa shape index (κ3) is 2.14. The van der Waals surface area contributed by atoms with E-state index in [2.05, 4.69) is 0 Å². The van der Waals surface area contributed by atoms with Gasteiger partial charge in [0.2, 0.25) is 0 Å². The zero-order chi connectivity index (χ0) is 9.19. The van der Waals surface area contributed by atoms with Gasteiger partial charge in [0.1, 0.15) is 5.82 Å². The molecule has 5 heteroatoms. The van der Waals surface area contributed by atoms with Gasteiger partial charge in [-0.15, -0.1) is 0 Å². The Bertz CT molecular complexity index is 272. The second-order valence-corrected chi connectivity index (χ2v) is 5.19. The Labute approximate surface area is 72.5 Å². The monoisotopic (exact) mass is 190 g/mol. The first-order valence-electron chi connectivity index (χ1n) is 3.99. The maximum Gasteiger partial charge on any atom is 0.177 e. The highest BCUT2D eigenvalue weighted by Crippen LogP contribution is 2.25. The molecule has 0 saturated heterocycles. The van der Waals surface area contributed by atoms with Crippen LogP contribution in [0.25, 0.3) is 0 Å². The van der Waals surface area contributed by atoms with Crippen LogP contribution in [0, 0.1) is 0 Å². The van der Waals surface area contributed by atoms with Crippen molar-refractivity contribution in [2.45, 2.75) is 30.9 Å². The molecule has 0 unspecified atom stereocenters. The van der Waals surface area contributed by atoms with Gasteiger partial charge < -0.3 is 11.5 Å². The molecule has 0 bridgehead atoms. The van der Waals surface area contributed by atoms with Gasteiger partial charge in [0.05, 0.1) is 10.7 Å². The summed E-state index contributed by atoms with van der Waals surface area (Å²) in [5, 5.41) is 0.725. The lowest BCUT2D eigenvalue weighted by Gasteiger charge is -2.06. The molecule has 4 N–H and O–H groups in total. The number of hydrogen-bond acceptors (Lipinski definition) is 4. The standard InChI is InChI=1S/C7H14N2O2S/c8-7(9)5-12(10,11)6-3-1-2-4-6/h5-6H,1-4,8-9H2. The van der Waals surface area contributed by atoms with Crippen molar-refractivity contribution < 1.29 is 8.42 Å². The van der Waals surface area contributed by atoms with Crippen LogP contribution in [0.5, 0.6) is 0 Å². The third-order valence-electron chi connectivity index (χ3n) is 2.07. The van der Waals surface area contributed by atoms with Gasteiger partial charge in [-0.1, -0.05) is 12.8 Å². The highest BCUT2D eigenvalue weighted by atomic mass is 32.2. The summed E-state index contributed by atoms with van der Waals surface area (Å²) >= 11 is 0. The largest absolute Gasteiger partial charge is 0.385 e. The van der Waals surface area contributed by atoms with Crippen molar-refractivity contribution in [1.82, 2.24) is 0 Å². The summed E-state index contributed by atoms with van der Waals surface area (Å²) in [6.45, 7) is 0. The summed E-state index contributed by atoms with van der Waals surface area (Å²) in [5.74, 6) is -0.123. The molecule has 0 radical (unpaired) electrons. The van der Waals surface area contributed by atoms with E-state index in [0.717, 1.165) is 31.1 Å². The minimum atomic E-state index is -3.17. The Balaban J connectivity index is 2.78. The molecular formula is C7H14N2O2S. The topological polar surface area (TPSA) is 86.2 Å². The van der Waals surface area contributed by atoms with Crippen LogP contribution in [-0.2, 0) is 9.84 Å². The van der Waals surface area contributed by atoms with Gasteiger partial charge in [0.25, 0.3) is 0 Å². The SMILES string of the molecule is NC(N)=CS(=O)(=O)C1CCCC1. The Morgan fingerprint density at radius 2 is 1.75 bits per heavy atom. The highest BCUT2D eigenvalue weighted by molar-refractivity contribution is 7.94. The minimum absolute atomic E-state index is 0.123. The van der Waals surface area contributed by atoms with Crippen LogP contribution in [0.1, 0.15) is 25.7 Å². The van der Waals surface area contributed by atoms with Crippen molar-refractivity contribution in [3.63, 3.8) is 0 Å². The van der Waals surface area contributed by atoms with Crippen molar-refractivity contribution in [2.75, 3.05) is 0 Å². The Hall–Kier alpha value is -0.710. The molecule has 1 aliphatic carbocycles. The van der Waals surface area contributed by atoms with Crippen LogP contribution in [-0.4, -0.2) is 13.7 Å². The second-order valence-electron chi connectivity index (χ2n) is 3.11. The molecule has 0 spiro atoms. The molecule has 1 aliphatic rings. The first kappa shape index (κ1) is 9.38. The zero-order valence-electron chi connectivity index (χ0n) is 6.86. The maximum atomic E-state index is 11.4. The van der Waals surface area contributed by atoms with E-state index in [4.69, 9.17) is 11.5 Å². The highest BCUT2D eigenvalue weighted by Gasteiger charge is 2.26. The predicted octanol–water partition coefficient (Wildman–Crippen LogP) is 0.0601. The molecule has 4 nitrogen and oxygen atoms in total. The molecule has 0 heterocycles. The van der Waals surface area contributed by atoms with E-state index in [-0.39, 0.29) is 11.1 Å². The average molecular weight is 190 g/mol. The molecule has 1 fully saturated rings. The van der Waals surface area contributed by atoms with Gasteiger partial charge in [-0.25, -0.2) is 8.42 Å². The Morgan fingerprint density at radius 3 is 2.17 bits per heavy atom. The molecule has 0 aliphatic heterocycles. The lowest BCUT2D eigenvalue weighted by atomic mass is 10.4. The van der Waals surface area contributed by atoms with Crippen LogP contribution in [0.2, 0.25) is 0 Å². The first-order chi connectivity index (χ1) is 5.52. The first-order valence-corrected chi connectivity index (χ1v) is 5.60. The molecule has 1 saturated carbocycles. The van der Waals surface area contributed by atoms with Gasteiger partial charge in [-0.05, 0) is 12.8 Å². The van der Waals surface area contributed by atoms with Crippen molar-refractivity contribution in [1.29, 1.82) is 0 Å². The summed E-state index contributed by atoms with van der Waals surface area (Å²) in [4.78, 5) is 0. The zero-order valence-corrected chi connectivity index (χ0v) is 7.68. The molecule has 0 atom stereocenters. The van der Waals surface area contributed by atoms with Crippen molar-refractivity contribution in [3.8, 4) is 0 Å². The summed E-state index contributed by atoms with van der Waals surface area (Å²) in [6, 6.07) is 0. The van der Waals surface area contributed by atoms with E-state index in [0.29, 0.717) is 0 Å². The second kappa shape index (κ2) is 3.35. The number of hydrogen-bond donors (Lipinski definition) is 2. The molecule has 0 aromatic rings. The van der Waals surface area contributed by atoms with Crippen LogP contribution in [0.3, 0.4) is 0 Å². The van der Waals surface area contributed by atoms with Crippen LogP contribution >= 0.6 is 0 Å². The molecule has 0 amide bonds. The van der Waals surface area contributed by atoms with Gasteiger partial charge >= 0.3 is 0 Å². The average Bonchev–Trinajstić information content (AvgIpc) is 2.32. The molecular weight excluding hydrogens is 176 g/mol. The number of sulfone groups is 1. The molecule has 12 heavy (non-hydrogen) atoms. The normalized spacial score (nSPS) is 19.3. The number of rotatable bonds is 2. The minimum Gasteiger partial charge on any atom is -0.385 e. The van der Waals surface area contributed by atoms with Crippen molar-refractivity contribution >= 4 is 9.84 Å². The fourth-order valence-electron chi connectivity index (χ4n) is 1.50. The van der Waals surface area contributed by atoms with E-state index in [1.165, 1.54) is 0 Å². The van der Waals surface area contributed by atoms with Gasteiger partial charge in [0.15, 0.2) is 9.84 Å². The van der Waals surface area contributed by atoms with E-state index in [1.807, 2.05) is 0 Å². The maximum absolute atomic E-state index is 11.4. The lowest BCUT2D eigenvalue weighted by Crippen LogP contribution is -2.19. The van der Waals surface area contributed by atoms with E-state index >= 15 is 0 Å². The quantitative estimate of drug-likeness (QED) is 0.644. The van der Waals surface area contributed by atoms with Crippen LogP contribution in [0.15, 0.2) is 11.2 Å². The fraction of sp³-hybridized carbons (Fsp3) is 0.714. The summed E-state index contributed by atoms with van der Waals surface area (Å²) in [6.07, 6.45) is 3.46. The Morgan fingerprint density at radius 1 is 1.25 bits per heavy atom. The van der Waals surface area contributed by atoms with E-state index in [1.54, 1.807) is 0 Å². The lowest BCUT2D eigenvalue weighted by molar-refractivity contribution is 0.588. The van der Waals surface area contributed by atoms with E-state index < -0.39 is 9.84 Å². The fourth-order valence-corrected chi connectivity index (χ4v) is 3.06. The van der Waals surface area contributed by atoms with Crippen molar-refractivity contribution in [2.24, 2.45) is 11.5 Å². The van der Waals surface area contributed by atoms with Gasteiger partial charge in [-0.3, -0.25) is 0 Å². The Kier molecular flexibility index (Phi) is 2.62. The molecule has 1 rings (SSSR count). The van der Waals surface area contributed by atoms with Crippen LogP contribution < -0.4 is 11.5 Å². The predicted molar refractivity (Wildman–Crippen MR) is 47.6 cm³/mol. The molecule has 0 aromatic heterocycles. The summed E-state index contributed by atoms with van der Waals surface area (Å²) in [5.41, 5.74) is 10.2. The third-order valence-corrected chi connectivity index (χ3v) is 4.07. The molecule has 0 aromatic carbocycles. The summed E-state index contributed by atoms with van der Waals surface area (Å²) in [7, 11) is -3.17. The van der Waals surface area contributed by atoms with Crippen molar-refractivity contribution in [3.05, 3.63) is 11.2 Å².